The number of ether oxygens (including phenoxy) is 1. The van der Waals surface area contributed by atoms with Crippen LogP contribution in [0.3, 0.4) is 0 Å². The van der Waals surface area contributed by atoms with Crippen LogP contribution in [0, 0.1) is 0 Å². The third-order valence-corrected chi connectivity index (χ3v) is 4.26. The summed E-state index contributed by atoms with van der Waals surface area (Å²) in [5.74, 6) is -0.106. The lowest BCUT2D eigenvalue weighted by Crippen LogP contribution is -2.49. The standard InChI is InChI=1S/C20H22N2O3/c23-19(17-10-5-2-6-11-17)21-18-12-7-13-22(14-18)20(24)25-15-16-8-3-1-4-9-16/h1-6,8-11,18H,7,12-15H2,(H,21,23). The van der Waals surface area contributed by atoms with Crippen LogP contribution >= 0.6 is 0 Å². The van der Waals surface area contributed by atoms with Gasteiger partial charge >= 0.3 is 6.09 Å². The van der Waals surface area contributed by atoms with Crippen molar-refractivity contribution in [2.24, 2.45) is 0 Å². The molecule has 5 nitrogen and oxygen atoms in total. The van der Waals surface area contributed by atoms with Crippen molar-refractivity contribution in [2.45, 2.75) is 25.5 Å². The van der Waals surface area contributed by atoms with Gasteiger partial charge in [0.05, 0.1) is 0 Å². The molecular formula is C20H22N2O3. The van der Waals surface area contributed by atoms with Gasteiger partial charge in [-0.25, -0.2) is 4.79 Å². The third kappa shape index (κ3) is 4.83. The zero-order valence-electron chi connectivity index (χ0n) is 14.1. The number of likely N-dealkylation sites (tertiary alicyclic amines) is 1. The molecule has 1 unspecified atom stereocenters. The van der Waals surface area contributed by atoms with Gasteiger partial charge in [-0.2, -0.15) is 0 Å². The Hall–Kier alpha value is -2.82. The van der Waals surface area contributed by atoms with E-state index in [1.165, 1.54) is 0 Å². The topological polar surface area (TPSA) is 58.6 Å². The van der Waals surface area contributed by atoms with E-state index >= 15 is 0 Å². The lowest BCUT2D eigenvalue weighted by atomic mass is 10.1. The number of carbonyl (C=O) groups is 2. The third-order valence-electron chi connectivity index (χ3n) is 4.26. The zero-order valence-corrected chi connectivity index (χ0v) is 14.1. The van der Waals surface area contributed by atoms with Crippen LogP contribution in [0.15, 0.2) is 60.7 Å². The molecule has 130 valence electrons. The summed E-state index contributed by atoms with van der Waals surface area (Å²) >= 11 is 0. The highest BCUT2D eigenvalue weighted by atomic mass is 16.6. The van der Waals surface area contributed by atoms with Crippen molar-refractivity contribution >= 4 is 12.0 Å². The SMILES string of the molecule is O=C(NC1CCCN(C(=O)OCc2ccccc2)C1)c1ccccc1. The van der Waals surface area contributed by atoms with Crippen molar-refractivity contribution in [1.29, 1.82) is 0 Å². The molecule has 0 radical (unpaired) electrons. The fraction of sp³-hybridized carbons (Fsp3) is 0.300. The maximum atomic E-state index is 12.3. The van der Waals surface area contributed by atoms with Crippen LogP contribution in [-0.2, 0) is 11.3 Å². The number of piperidine rings is 1. The number of hydrogen-bond acceptors (Lipinski definition) is 3. The summed E-state index contributed by atoms with van der Waals surface area (Å²) in [5, 5.41) is 3.01. The predicted molar refractivity (Wildman–Crippen MR) is 95.1 cm³/mol. The molecule has 2 amide bonds. The van der Waals surface area contributed by atoms with Crippen LogP contribution in [0.4, 0.5) is 4.79 Å². The Kier molecular flexibility index (Phi) is 5.67. The highest BCUT2D eigenvalue weighted by Gasteiger charge is 2.26. The first-order valence-electron chi connectivity index (χ1n) is 8.54. The van der Waals surface area contributed by atoms with Crippen molar-refractivity contribution in [3.63, 3.8) is 0 Å². The quantitative estimate of drug-likeness (QED) is 0.931. The molecule has 0 saturated carbocycles. The summed E-state index contributed by atoms with van der Waals surface area (Å²) in [6.07, 6.45) is 1.38. The van der Waals surface area contributed by atoms with Gasteiger partial charge in [0.15, 0.2) is 0 Å². The number of amides is 2. The molecule has 1 N–H and O–H groups in total. The molecule has 2 aromatic carbocycles. The number of rotatable bonds is 4. The molecule has 0 spiro atoms. The number of nitrogens with one attached hydrogen (secondary N) is 1. The van der Waals surface area contributed by atoms with Crippen molar-refractivity contribution in [2.75, 3.05) is 13.1 Å². The van der Waals surface area contributed by atoms with E-state index in [-0.39, 0.29) is 24.6 Å². The van der Waals surface area contributed by atoms with Gasteiger partial charge in [-0.05, 0) is 30.5 Å². The molecule has 25 heavy (non-hydrogen) atoms. The molecule has 2 aromatic rings. The summed E-state index contributed by atoms with van der Waals surface area (Å²) in [6, 6.07) is 18.7. The van der Waals surface area contributed by atoms with E-state index in [1.807, 2.05) is 48.5 Å². The average Bonchev–Trinajstić information content (AvgIpc) is 2.68. The summed E-state index contributed by atoms with van der Waals surface area (Å²) in [4.78, 5) is 26.2. The highest BCUT2D eigenvalue weighted by molar-refractivity contribution is 5.94. The average molecular weight is 338 g/mol. The van der Waals surface area contributed by atoms with Gasteiger partial charge in [0, 0.05) is 24.7 Å². The van der Waals surface area contributed by atoms with Crippen LogP contribution in [0.1, 0.15) is 28.8 Å². The number of benzene rings is 2. The number of hydrogen-bond donors (Lipinski definition) is 1. The van der Waals surface area contributed by atoms with Gasteiger partial charge in [-0.15, -0.1) is 0 Å². The molecule has 1 aliphatic rings. The Morgan fingerprint density at radius 1 is 1.04 bits per heavy atom. The van der Waals surface area contributed by atoms with Gasteiger partial charge in [-0.3, -0.25) is 4.79 Å². The Morgan fingerprint density at radius 3 is 2.44 bits per heavy atom. The molecule has 1 fully saturated rings. The Morgan fingerprint density at radius 2 is 1.72 bits per heavy atom. The van der Waals surface area contributed by atoms with Crippen LogP contribution in [0.5, 0.6) is 0 Å². The predicted octanol–water partition coefficient (Wildman–Crippen LogP) is 3.22. The maximum absolute atomic E-state index is 12.3. The van der Waals surface area contributed by atoms with Gasteiger partial charge in [0.1, 0.15) is 6.61 Å². The minimum Gasteiger partial charge on any atom is -0.445 e. The Balaban J connectivity index is 1.50. The van der Waals surface area contributed by atoms with E-state index in [9.17, 15) is 9.59 Å². The van der Waals surface area contributed by atoms with E-state index in [0.29, 0.717) is 18.7 Å². The lowest BCUT2D eigenvalue weighted by molar-refractivity contribution is 0.0770. The van der Waals surface area contributed by atoms with Crippen LogP contribution in [-0.4, -0.2) is 36.0 Å². The van der Waals surface area contributed by atoms with Gasteiger partial charge in [-0.1, -0.05) is 48.5 Å². The molecule has 1 heterocycles. The van der Waals surface area contributed by atoms with Crippen LogP contribution in [0.2, 0.25) is 0 Å². The van der Waals surface area contributed by atoms with Gasteiger partial charge in [0.2, 0.25) is 0 Å². The van der Waals surface area contributed by atoms with Gasteiger partial charge in [0.25, 0.3) is 5.91 Å². The van der Waals surface area contributed by atoms with E-state index in [1.54, 1.807) is 17.0 Å². The molecule has 1 aliphatic heterocycles. The molecule has 1 saturated heterocycles. The molecule has 1 atom stereocenters. The summed E-state index contributed by atoms with van der Waals surface area (Å²) in [6.45, 7) is 1.40. The second-order valence-corrected chi connectivity index (χ2v) is 6.16. The lowest BCUT2D eigenvalue weighted by Gasteiger charge is -2.32. The second-order valence-electron chi connectivity index (χ2n) is 6.16. The fourth-order valence-electron chi connectivity index (χ4n) is 2.93. The Labute approximate surface area is 147 Å². The first-order valence-corrected chi connectivity index (χ1v) is 8.54. The minimum absolute atomic E-state index is 0.0502. The molecule has 0 bridgehead atoms. The van der Waals surface area contributed by atoms with Gasteiger partial charge < -0.3 is 15.0 Å². The van der Waals surface area contributed by atoms with Crippen LogP contribution in [0.25, 0.3) is 0 Å². The molecule has 0 aliphatic carbocycles. The largest absolute Gasteiger partial charge is 0.445 e. The van der Waals surface area contributed by atoms with Crippen molar-refractivity contribution in [3.8, 4) is 0 Å². The van der Waals surface area contributed by atoms with Crippen molar-refractivity contribution in [3.05, 3.63) is 71.8 Å². The van der Waals surface area contributed by atoms with Crippen LogP contribution < -0.4 is 5.32 Å². The van der Waals surface area contributed by atoms with E-state index in [0.717, 1.165) is 18.4 Å². The monoisotopic (exact) mass is 338 g/mol. The zero-order chi connectivity index (χ0) is 17.5. The number of carbonyl (C=O) groups excluding carboxylic acids is 2. The van der Waals surface area contributed by atoms with E-state index in [2.05, 4.69) is 5.32 Å². The van der Waals surface area contributed by atoms with E-state index < -0.39 is 0 Å². The normalized spacial score (nSPS) is 17.0. The summed E-state index contributed by atoms with van der Waals surface area (Å²) in [5.41, 5.74) is 1.59. The minimum atomic E-state index is -0.331. The highest BCUT2D eigenvalue weighted by Crippen LogP contribution is 2.13. The smallest absolute Gasteiger partial charge is 0.410 e. The summed E-state index contributed by atoms with van der Waals surface area (Å²) in [7, 11) is 0. The second kappa shape index (κ2) is 8.33. The first-order chi connectivity index (χ1) is 12.2. The fourth-order valence-corrected chi connectivity index (χ4v) is 2.93. The Bertz CT molecular complexity index is 703. The van der Waals surface area contributed by atoms with E-state index in [4.69, 9.17) is 4.74 Å². The van der Waals surface area contributed by atoms with Crippen molar-refractivity contribution < 1.29 is 14.3 Å². The number of nitrogens with zero attached hydrogens (tertiary/aromatic N) is 1. The summed E-state index contributed by atoms with van der Waals surface area (Å²) < 4.78 is 5.38. The first kappa shape index (κ1) is 17.0. The molecule has 0 aromatic heterocycles. The molecule has 3 rings (SSSR count). The maximum Gasteiger partial charge on any atom is 0.410 e. The molecular weight excluding hydrogens is 316 g/mol. The molecule has 5 heteroatoms. The van der Waals surface area contributed by atoms with Crippen molar-refractivity contribution in [1.82, 2.24) is 10.2 Å².